The summed E-state index contributed by atoms with van der Waals surface area (Å²) in [5, 5.41) is 3.55. The summed E-state index contributed by atoms with van der Waals surface area (Å²) in [5.41, 5.74) is 0.656. The van der Waals surface area contributed by atoms with Crippen LogP contribution in [0.15, 0.2) is 18.2 Å². The first kappa shape index (κ1) is 17.1. The minimum absolute atomic E-state index is 0.176. The van der Waals surface area contributed by atoms with E-state index in [2.05, 4.69) is 33.0 Å². The number of hydrogen-bond donors (Lipinski definition) is 1. The van der Waals surface area contributed by atoms with E-state index in [-0.39, 0.29) is 17.0 Å². The van der Waals surface area contributed by atoms with Crippen molar-refractivity contribution in [3.05, 3.63) is 35.4 Å². The summed E-state index contributed by atoms with van der Waals surface area (Å²) in [6, 6.07) is 4.08. The van der Waals surface area contributed by atoms with Gasteiger partial charge < -0.3 is 5.32 Å². The molecule has 0 spiro atoms. The Bertz CT molecular complexity index is 410. The molecule has 0 amide bonds. The fourth-order valence-corrected chi connectivity index (χ4v) is 2.39. The SMILES string of the molecule is CCCNC(CCCc1cc(F)ccc1F)C(C)(C)C. The van der Waals surface area contributed by atoms with Crippen molar-refractivity contribution in [3.8, 4) is 0 Å². The van der Waals surface area contributed by atoms with Gasteiger partial charge in [-0.3, -0.25) is 0 Å². The Morgan fingerprint density at radius 1 is 1.20 bits per heavy atom. The zero-order chi connectivity index (χ0) is 15.2. The zero-order valence-electron chi connectivity index (χ0n) is 13.1. The number of benzene rings is 1. The van der Waals surface area contributed by atoms with Crippen LogP contribution in [-0.2, 0) is 6.42 Å². The Kier molecular flexibility index (Phi) is 6.60. The number of halogens is 2. The van der Waals surface area contributed by atoms with Crippen LogP contribution in [0.5, 0.6) is 0 Å². The van der Waals surface area contributed by atoms with Crippen LogP contribution < -0.4 is 5.32 Å². The van der Waals surface area contributed by atoms with E-state index in [0.29, 0.717) is 18.0 Å². The van der Waals surface area contributed by atoms with Gasteiger partial charge in [-0.25, -0.2) is 8.78 Å². The molecule has 0 heterocycles. The molecule has 0 aliphatic rings. The Morgan fingerprint density at radius 3 is 2.50 bits per heavy atom. The lowest BCUT2D eigenvalue weighted by Crippen LogP contribution is -2.40. The lowest BCUT2D eigenvalue weighted by atomic mass is 9.83. The maximum absolute atomic E-state index is 13.5. The minimum Gasteiger partial charge on any atom is -0.313 e. The van der Waals surface area contributed by atoms with Crippen molar-refractivity contribution in [1.82, 2.24) is 5.32 Å². The maximum Gasteiger partial charge on any atom is 0.126 e. The van der Waals surface area contributed by atoms with Crippen LogP contribution in [0.3, 0.4) is 0 Å². The largest absolute Gasteiger partial charge is 0.313 e. The van der Waals surface area contributed by atoms with Gasteiger partial charge in [0.1, 0.15) is 11.6 Å². The third-order valence-corrected chi connectivity index (χ3v) is 3.63. The fraction of sp³-hybridized carbons (Fsp3) is 0.647. The number of hydrogen-bond acceptors (Lipinski definition) is 1. The monoisotopic (exact) mass is 283 g/mol. The first-order chi connectivity index (χ1) is 9.34. The van der Waals surface area contributed by atoms with Gasteiger partial charge in [-0.15, -0.1) is 0 Å². The van der Waals surface area contributed by atoms with Crippen LogP contribution in [0.2, 0.25) is 0 Å². The van der Waals surface area contributed by atoms with Crippen molar-refractivity contribution >= 4 is 0 Å². The Morgan fingerprint density at radius 2 is 1.90 bits per heavy atom. The third-order valence-electron chi connectivity index (χ3n) is 3.63. The highest BCUT2D eigenvalue weighted by Gasteiger charge is 2.23. The number of rotatable bonds is 7. The van der Waals surface area contributed by atoms with Crippen molar-refractivity contribution in [2.45, 2.75) is 59.4 Å². The topological polar surface area (TPSA) is 12.0 Å². The zero-order valence-corrected chi connectivity index (χ0v) is 13.1. The van der Waals surface area contributed by atoms with Crippen molar-refractivity contribution in [2.24, 2.45) is 5.41 Å². The molecule has 1 atom stereocenters. The first-order valence-corrected chi connectivity index (χ1v) is 7.52. The van der Waals surface area contributed by atoms with Gasteiger partial charge >= 0.3 is 0 Å². The van der Waals surface area contributed by atoms with Crippen molar-refractivity contribution in [3.63, 3.8) is 0 Å². The molecule has 1 rings (SSSR count). The van der Waals surface area contributed by atoms with E-state index < -0.39 is 0 Å². The molecule has 1 N–H and O–H groups in total. The molecule has 1 aromatic carbocycles. The summed E-state index contributed by atoms with van der Waals surface area (Å²) >= 11 is 0. The van der Waals surface area contributed by atoms with Crippen LogP contribution in [0.4, 0.5) is 8.78 Å². The van der Waals surface area contributed by atoms with Crippen LogP contribution in [0.1, 0.15) is 52.5 Å². The number of nitrogens with one attached hydrogen (secondary N) is 1. The van der Waals surface area contributed by atoms with Gasteiger partial charge in [-0.2, -0.15) is 0 Å². The summed E-state index contributed by atoms with van der Waals surface area (Å²) in [6.45, 7) is 9.78. The second-order valence-corrected chi connectivity index (χ2v) is 6.50. The normalized spacial score (nSPS) is 13.5. The van der Waals surface area contributed by atoms with E-state index in [0.717, 1.165) is 25.8 Å². The van der Waals surface area contributed by atoms with E-state index in [9.17, 15) is 8.78 Å². The standard InChI is InChI=1S/C17H27F2N/c1-5-11-20-16(17(2,3)4)8-6-7-13-12-14(18)9-10-15(13)19/h9-10,12,16,20H,5-8,11H2,1-4H3. The summed E-state index contributed by atoms with van der Waals surface area (Å²) < 4.78 is 26.7. The van der Waals surface area contributed by atoms with Gasteiger partial charge in [0.25, 0.3) is 0 Å². The molecule has 0 bridgehead atoms. The van der Waals surface area contributed by atoms with Crippen LogP contribution >= 0.6 is 0 Å². The first-order valence-electron chi connectivity index (χ1n) is 7.52. The van der Waals surface area contributed by atoms with Crippen LogP contribution in [-0.4, -0.2) is 12.6 Å². The molecular weight excluding hydrogens is 256 g/mol. The third kappa shape index (κ3) is 5.58. The van der Waals surface area contributed by atoms with E-state index in [1.54, 1.807) is 0 Å². The lowest BCUT2D eigenvalue weighted by Gasteiger charge is -2.32. The molecule has 0 saturated carbocycles. The molecule has 0 aliphatic heterocycles. The minimum atomic E-state index is -0.363. The van der Waals surface area contributed by atoms with Crippen molar-refractivity contribution in [1.29, 1.82) is 0 Å². The maximum atomic E-state index is 13.5. The van der Waals surface area contributed by atoms with Gasteiger partial charge in [0.05, 0.1) is 0 Å². The van der Waals surface area contributed by atoms with Crippen LogP contribution in [0.25, 0.3) is 0 Å². The molecular formula is C17H27F2N. The molecule has 1 nitrogen and oxygen atoms in total. The average molecular weight is 283 g/mol. The Hall–Kier alpha value is -0.960. The molecule has 1 unspecified atom stereocenters. The van der Waals surface area contributed by atoms with E-state index in [1.807, 2.05) is 0 Å². The summed E-state index contributed by atoms with van der Waals surface area (Å²) in [6.07, 6.45) is 3.52. The molecule has 0 radical (unpaired) electrons. The molecule has 0 saturated heterocycles. The fourth-order valence-electron chi connectivity index (χ4n) is 2.39. The summed E-state index contributed by atoms with van der Waals surface area (Å²) in [7, 11) is 0. The second-order valence-electron chi connectivity index (χ2n) is 6.50. The number of aryl methyl sites for hydroxylation is 1. The van der Waals surface area contributed by atoms with Gasteiger partial charge in [-0.05, 0) is 61.4 Å². The predicted octanol–water partition coefficient (Wildman–Crippen LogP) is 4.70. The van der Waals surface area contributed by atoms with Gasteiger partial charge in [-0.1, -0.05) is 27.7 Å². The highest BCUT2D eigenvalue weighted by Crippen LogP contribution is 2.24. The van der Waals surface area contributed by atoms with Gasteiger partial charge in [0.2, 0.25) is 0 Å². The summed E-state index contributed by atoms with van der Waals surface area (Å²) in [4.78, 5) is 0. The average Bonchev–Trinajstić information content (AvgIpc) is 2.36. The predicted molar refractivity (Wildman–Crippen MR) is 80.8 cm³/mol. The van der Waals surface area contributed by atoms with E-state index in [4.69, 9.17) is 0 Å². The molecule has 1 aromatic rings. The molecule has 0 fully saturated rings. The van der Waals surface area contributed by atoms with Crippen molar-refractivity contribution < 1.29 is 8.78 Å². The smallest absolute Gasteiger partial charge is 0.126 e. The molecule has 3 heteroatoms. The molecule has 0 aromatic heterocycles. The van der Waals surface area contributed by atoms with Crippen molar-refractivity contribution in [2.75, 3.05) is 6.54 Å². The highest BCUT2D eigenvalue weighted by molar-refractivity contribution is 5.18. The molecule has 20 heavy (non-hydrogen) atoms. The van der Waals surface area contributed by atoms with E-state index in [1.165, 1.54) is 18.2 Å². The highest BCUT2D eigenvalue weighted by atomic mass is 19.1. The second kappa shape index (κ2) is 7.72. The van der Waals surface area contributed by atoms with Crippen LogP contribution in [0, 0.1) is 17.0 Å². The van der Waals surface area contributed by atoms with Gasteiger partial charge in [0, 0.05) is 6.04 Å². The molecule has 0 aliphatic carbocycles. The quantitative estimate of drug-likeness (QED) is 0.764. The Balaban J connectivity index is 2.53. The van der Waals surface area contributed by atoms with E-state index >= 15 is 0 Å². The van der Waals surface area contributed by atoms with Gasteiger partial charge in [0.15, 0.2) is 0 Å². The summed E-state index contributed by atoms with van der Waals surface area (Å²) in [5.74, 6) is -0.668. The Labute approximate surface area is 121 Å². The molecule has 114 valence electrons. The lowest BCUT2D eigenvalue weighted by molar-refractivity contribution is 0.251.